The van der Waals surface area contributed by atoms with Crippen molar-refractivity contribution in [3.05, 3.63) is 47.4 Å². The second-order valence-corrected chi connectivity index (χ2v) is 10.1. The van der Waals surface area contributed by atoms with Crippen LogP contribution in [0.2, 0.25) is 0 Å². The van der Waals surface area contributed by atoms with Gasteiger partial charge in [0.05, 0.1) is 5.69 Å². The lowest BCUT2D eigenvalue weighted by Gasteiger charge is -2.32. The summed E-state index contributed by atoms with van der Waals surface area (Å²) in [6, 6.07) is 3.99. The van der Waals surface area contributed by atoms with Gasteiger partial charge in [-0.25, -0.2) is 4.98 Å². The molecule has 4 rings (SSSR count). The van der Waals surface area contributed by atoms with Crippen LogP contribution in [0.1, 0.15) is 60.9 Å². The highest BCUT2D eigenvalue weighted by Crippen LogP contribution is 2.32. The third kappa shape index (κ3) is 6.27. The molecule has 11 heteroatoms. The first-order chi connectivity index (χ1) is 18.3. The highest BCUT2D eigenvalue weighted by Gasteiger charge is 2.33. The number of ether oxygens (including phenoxy) is 1. The van der Waals surface area contributed by atoms with E-state index in [1.54, 1.807) is 43.1 Å². The molecule has 10 nitrogen and oxygen atoms in total. The summed E-state index contributed by atoms with van der Waals surface area (Å²) in [6.07, 6.45) is 5.85. The lowest BCUT2D eigenvalue weighted by molar-refractivity contribution is -0.119. The number of aromatic nitrogens is 5. The van der Waals surface area contributed by atoms with Crippen LogP contribution in [0.25, 0.3) is 11.1 Å². The summed E-state index contributed by atoms with van der Waals surface area (Å²) in [5.41, 5.74) is 2.73. The molecule has 38 heavy (non-hydrogen) atoms. The number of pyridine rings is 1. The molecule has 0 radical (unpaired) electrons. The summed E-state index contributed by atoms with van der Waals surface area (Å²) >= 11 is 0. The molecule has 0 aromatic carbocycles. The molecule has 1 atom stereocenters. The molecule has 1 aliphatic carbocycles. The van der Waals surface area contributed by atoms with Gasteiger partial charge in [0.2, 0.25) is 11.9 Å². The molecule has 204 valence electrons. The quantitative estimate of drug-likeness (QED) is 0.271. The number of carbonyl (C=O) groups excluding carboxylic acids is 2. The number of rotatable bonds is 10. The Morgan fingerprint density at radius 3 is 2.63 bits per heavy atom. The number of hydrogen-bond acceptors (Lipinski definition) is 6. The fourth-order valence-corrected chi connectivity index (χ4v) is 5.14. The van der Waals surface area contributed by atoms with E-state index in [1.165, 1.54) is 0 Å². The topological polar surface area (TPSA) is 127 Å². The number of halogens is 1. The summed E-state index contributed by atoms with van der Waals surface area (Å²) in [4.78, 5) is 30.7. The maximum Gasteiger partial charge on any atom is 0.270 e. The van der Waals surface area contributed by atoms with E-state index >= 15 is 0 Å². The second-order valence-electron chi connectivity index (χ2n) is 10.1. The summed E-state index contributed by atoms with van der Waals surface area (Å²) in [6.45, 7) is 6.86. The van der Waals surface area contributed by atoms with Gasteiger partial charge in [0, 0.05) is 43.3 Å². The Balaban J connectivity index is 1.52. The molecule has 0 saturated heterocycles. The number of hydrogen-bond donors (Lipinski definition) is 3. The van der Waals surface area contributed by atoms with E-state index in [1.807, 2.05) is 6.92 Å². The van der Waals surface area contributed by atoms with Crippen molar-refractivity contribution in [2.24, 2.45) is 11.8 Å². The van der Waals surface area contributed by atoms with Crippen molar-refractivity contribution in [1.82, 2.24) is 30.3 Å². The van der Waals surface area contributed by atoms with E-state index in [0.717, 1.165) is 31.4 Å². The van der Waals surface area contributed by atoms with Gasteiger partial charge in [-0.1, -0.05) is 19.8 Å². The first-order valence-corrected chi connectivity index (χ1v) is 13.1. The molecule has 0 unspecified atom stereocenters. The van der Waals surface area contributed by atoms with Gasteiger partial charge >= 0.3 is 0 Å². The zero-order valence-corrected chi connectivity index (χ0v) is 22.4. The Bertz CT molecular complexity index is 1240. The lowest BCUT2D eigenvalue weighted by atomic mass is 9.79. The molecule has 0 spiro atoms. The number of nitrogens with one attached hydrogen (secondary N) is 3. The molecule has 2 amide bonds. The van der Waals surface area contributed by atoms with Crippen LogP contribution in [0.3, 0.4) is 0 Å². The van der Waals surface area contributed by atoms with Crippen LogP contribution in [-0.2, 0) is 16.1 Å². The fourth-order valence-electron chi connectivity index (χ4n) is 5.14. The van der Waals surface area contributed by atoms with Crippen LogP contribution in [0.4, 0.5) is 10.2 Å². The Hall–Kier alpha value is -3.60. The predicted molar refractivity (Wildman–Crippen MR) is 141 cm³/mol. The van der Waals surface area contributed by atoms with Crippen LogP contribution in [0.5, 0.6) is 0 Å². The number of aromatic amines is 1. The monoisotopic (exact) mass is 525 g/mol. The summed E-state index contributed by atoms with van der Waals surface area (Å²) in [7, 11) is 1.62. The van der Waals surface area contributed by atoms with E-state index < -0.39 is 17.9 Å². The van der Waals surface area contributed by atoms with Gasteiger partial charge in [-0.3, -0.25) is 19.4 Å². The molecule has 1 saturated carbocycles. The van der Waals surface area contributed by atoms with E-state index in [4.69, 9.17) is 4.74 Å². The molecule has 1 aliphatic rings. The SMILES string of the molecule is COCCCn1nccc1C(=O)N[C@H](C(=O)Nc1ccc(-c2c(C)n[nH]c2C)c(F)n1)C1CCC(C)CC1. The number of methoxy groups -OCH3 is 1. The van der Waals surface area contributed by atoms with Crippen molar-refractivity contribution in [1.29, 1.82) is 0 Å². The third-order valence-electron chi connectivity index (χ3n) is 7.27. The summed E-state index contributed by atoms with van der Waals surface area (Å²) in [5, 5.41) is 16.9. The molecule has 3 N–H and O–H groups in total. The smallest absolute Gasteiger partial charge is 0.270 e. The molecule has 1 fully saturated rings. The number of aryl methyl sites for hydroxylation is 3. The number of anilines is 1. The van der Waals surface area contributed by atoms with Crippen molar-refractivity contribution in [3.63, 3.8) is 0 Å². The van der Waals surface area contributed by atoms with Gasteiger partial charge in [-0.15, -0.1) is 0 Å². The average molecular weight is 526 g/mol. The highest BCUT2D eigenvalue weighted by atomic mass is 19.1. The van der Waals surface area contributed by atoms with Crippen molar-refractivity contribution in [2.45, 2.75) is 65.5 Å². The van der Waals surface area contributed by atoms with Gasteiger partial charge in [-0.2, -0.15) is 14.6 Å². The average Bonchev–Trinajstić information content (AvgIpc) is 3.49. The zero-order valence-electron chi connectivity index (χ0n) is 22.4. The van der Waals surface area contributed by atoms with Crippen molar-refractivity contribution in [2.75, 3.05) is 19.0 Å². The molecule has 3 aromatic heterocycles. The summed E-state index contributed by atoms with van der Waals surface area (Å²) in [5.74, 6) is -0.880. The van der Waals surface area contributed by atoms with Gasteiger partial charge in [-0.05, 0) is 63.1 Å². The normalized spacial score (nSPS) is 18.2. The Kier molecular flexibility index (Phi) is 8.88. The minimum atomic E-state index is -0.791. The minimum Gasteiger partial charge on any atom is -0.385 e. The van der Waals surface area contributed by atoms with Crippen LogP contribution in [0, 0.1) is 31.6 Å². The van der Waals surface area contributed by atoms with Gasteiger partial charge in [0.25, 0.3) is 5.91 Å². The van der Waals surface area contributed by atoms with Crippen molar-refractivity contribution < 1.29 is 18.7 Å². The molecule has 0 aliphatic heterocycles. The predicted octanol–water partition coefficient (Wildman–Crippen LogP) is 4.02. The molecule has 3 aromatic rings. The number of carbonyl (C=O) groups is 2. The van der Waals surface area contributed by atoms with Gasteiger partial charge in [0.15, 0.2) is 0 Å². The molecular formula is C27H36FN7O3. The third-order valence-corrected chi connectivity index (χ3v) is 7.27. The maximum absolute atomic E-state index is 15.0. The maximum atomic E-state index is 15.0. The first kappa shape index (κ1) is 27.4. The van der Waals surface area contributed by atoms with Crippen LogP contribution in [0.15, 0.2) is 24.4 Å². The molecule has 0 bridgehead atoms. The van der Waals surface area contributed by atoms with Crippen molar-refractivity contribution in [3.8, 4) is 11.1 Å². The van der Waals surface area contributed by atoms with Crippen LogP contribution >= 0.6 is 0 Å². The fraction of sp³-hybridized carbons (Fsp3) is 0.519. The van der Waals surface area contributed by atoms with E-state index in [0.29, 0.717) is 48.0 Å². The zero-order chi connectivity index (χ0) is 27.2. The number of H-pyrrole nitrogens is 1. The molecule has 3 heterocycles. The van der Waals surface area contributed by atoms with Crippen LogP contribution < -0.4 is 10.6 Å². The Labute approximate surface area is 221 Å². The Morgan fingerprint density at radius 2 is 1.97 bits per heavy atom. The molecular weight excluding hydrogens is 489 g/mol. The van der Waals surface area contributed by atoms with E-state index in [9.17, 15) is 14.0 Å². The standard InChI is InChI=1S/C27H36FN7O3/c1-16-6-8-19(9-7-16)24(32-26(36)21-12-13-29-35(21)14-5-15-38-4)27(37)31-22-11-10-20(25(28)30-22)23-17(2)33-34-18(23)3/h10-13,16,19,24H,5-9,14-15H2,1-4H3,(H,32,36)(H,33,34)(H,30,31,37)/t16?,19?,24-/m0/s1. The van der Waals surface area contributed by atoms with Crippen LogP contribution in [-0.4, -0.2) is 56.5 Å². The highest BCUT2D eigenvalue weighted by molar-refractivity contribution is 6.00. The summed E-state index contributed by atoms with van der Waals surface area (Å²) < 4.78 is 21.7. The Morgan fingerprint density at radius 1 is 1.21 bits per heavy atom. The lowest BCUT2D eigenvalue weighted by Crippen LogP contribution is -2.49. The largest absolute Gasteiger partial charge is 0.385 e. The first-order valence-electron chi connectivity index (χ1n) is 13.1. The number of amides is 2. The number of nitrogens with zero attached hydrogens (tertiary/aromatic N) is 4. The van der Waals surface area contributed by atoms with E-state index in [2.05, 4.69) is 37.8 Å². The second kappa shape index (κ2) is 12.3. The van der Waals surface area contributed by atoms with E-state index in [-0.39, 0.29) is 17.6 Å². The van der Waals surface area contributed by atoms with Gasteiger partial charge in [0.1, 0.15) is 17.6 Å². The van der Waals surface area contributed by atoms with Crippen molar-refractivity contribution >= 4 is 17.6 Å². The van der Waals surface area contributed by atoms with Gasteiger partial charge < -0.3 is 15.4 Å². The minimum absolute atomic E-state index is 0.0413.